The zero-order valence-corrected chi connectivity index (χ0v) is 16.8. The molecule has 134 valence electrons. The zero-order chi connectivity index (χ0) is 18.9. The third-order valence-electron chi connectivity index (χ3n) is 3.64. The van der Waals surface area contributed by atoms with Crippen LogP contribution in [0.15, 0.2) is 72.9 Å². The van der Waals surface area contributed by atoms with E-state index in [1.165, 1.54) is 17.8 Å². The van der Waals surface area contributed by atoms with Gasteiger partial charge in [-0.25, -0.2) is 0 Å². The molecule has 0 radical (unpaired) electrons. The van der Waals surface area contributed by atoms with Gasteiger partial charge in [-0.05, 0) is 42.2 Å². The SMILES string of the molecule is CSC(=S)N(/C=C/C(=O)/C=C/c1ccccc1)c1ccc(N(C)C)cc1. The first-order valence-electron chi connectivity index (χ1n) is 8.11. The summed E-state index contributed by atoms with van der Waals surface area (Å²) in [6, 6.07) is 17.8. The molecule has 0 saturated heterocycles. The quantitative estimate of drug-likeness (QED) is 0.517. The van der Waals surface area contributed by atoms with Crippen LogP contribution in [0, 0.1) is 0 Å². The Kier molecular flexibility index (Phi) is 7.63. The molecule has 0 aromatic heterocycles. The van der Waals surface area contributed by atoms with Crippen molar-refractivity contribution in [1.82, 2.24) is 0 Å². The molecule has 0 aliphatic rings. The van der Waals surface area contributed by atoms with Crippen molar-refractivity contribution >= 4 is 51.5 Å². The fraction of sp³-hybridized carbons (Fsp3) is 0.143. The van der Waals surface area contributed by atoms with Crippen LogP contribution in [-0.4, -0.2) is 30.5 Å². The maximum Gasteiger partial charge on any atom is 0.180 e. The van der Waals surface area contributed by atoms with Crippen molar-refractivity contribution in [2.75, 3.05) is 30.2 Å². The molecule has 0 spiro atoms. The predicted octanol–water partition coefficient (Wildman–Crippen LogP) is 5.00. The Hall–Kier alpha value is -2.37. The lowest BCUT2D eigenvalue weighted by Crippen LogP contribution is -2.20. The summed E-state index contributed by atoms with van der Waals surface area (Å²) in [5.74, 6) is -0.0901. The van der Waals surface area contributed by atoms with Gasteiger partial charge < -0.3 is 9.80 Å². The average molecular weight is 383 g/mol. The first-order chi connectivity index (χ1) is 12.5. The summed E-state index contributed by atoms with van der Waals surface area (Å²) in [6.07, 6.45) is 8.54. The lowest BCUT2D eigenvalue weighted by molar-refractivity contribution is -0.110. The molecule has 0 fully saturated rings. The fourth-order valence-electron chi connectivity index (χ4n) is 2.21. The Morgan fingerprint density at radius 3 is 2.15 bits per heavy atom. The number of hydrogen-bond acceptors (Lipinski definition) is 4. The summed E-state index contributed by atoms with van der Waals surface area (Å²) in [5.41, 5.74) is 3.02. The van der Waals surface area contributed by atoms with Crippen molar-refractivity contribution < 1.29 is 4.79 Å². The first kappa shape index (κ1) is 19.9. The zero-order valence-electron chi connectivity index (χ0n) is 15.1. The minimum absolute atomic E-state index is 0.0901. The second kappa shape index (κ2) is 9.94. The minimum atomic E-state index is -0.0901. The van der Waals surface area contributed by atoms with Crippen molar-refractivity contribution in [1.29, 1.82) is 0 Å². The molecule has 2 aromatic rings. The highest BCUT2D eigenvalue weighted by Gasteiger charge is 2.09. The number of ketones is 1. The molecule has 2 rings (SSSR count). The van der Waals surface area contributed by atoms with E-state index in [0.29, 0.717) is 4.32 Å². The maximum absolute atomic E-state index is 12.1. The van der Waals surface area contributed by atoms with Gasteiger partial charge in [0.25, 0.3) is 0 Å². The molecule has 0 atom stereocenters. The molecular formula is C21H22N2OS2. The summed E-state index contributed by atoms with van der Waals surface area (Å²) in [4.78, 5) is 16.0. The Morgan fingerprint density at radius 2 is 1.58 bits per heavy atom. The highest BCUT2D eigenvalue weighted by atomic mass is 32.2. The number of rotatable bonds is 6. The maximum atomic E-state index is 12.1. The van der Waals surface area contributed by atoms with E-state index in [-0.39, 0.29) is 5.78 Å². The van der Waals surface area contributed by atoms with Gasteiger partial charge in [-0.15, -0.1) is 0 Å². The third kappa shape index (κ3) is 5.86. The molecule has 3 nitrogen and oxygen atoms in total. The number of benzene rings is 2. The van der Waals surface area contributed by atoms with Crippen LogP contribution < -0.4 is 9.80 Å². The predicted molar refractivity (Wildman–Crippen MR) is 119 cm³/mol. The van der Waals surface area contributed by atoms with Crippen LogP contribution in [0.2, 0.25) is 0 Å². The fourth-order valence-corrected chi connectivity index (χ4v) is 2.74. The highest BCUT2D eigenvalue weighted by Crippen LogP contribution is 2.22. The van der Waals surface area contributed by atoms with E-state index in [1.807, 2.05) is 84.7 Å². The van der Waals surface area contributed by atoms with Crippen molar-refractivity contribution in [2.45, 2.75) is 0 Å². The number of anilines is 2. The molecule has 0 aliphatic heterocycles. The standard InChI is InChI=1S/C21H22N2OS2/c1-22(2)18-10-12-19(13-11-18)23(21(25)26-3)16-15-20(24)14-9-17-7-5-4-6-8-17/h4-16H,1-3H3/b14-9+,16-15+. The van der Waals surface area contributed by atoms with E-state index in [4.69, 9.17) is 12.2 Å². The Bertz CT molecular complexity index is 797. The van der Waals surface area contributed by atoms with Crippen LogP contribution >= 0.6 is 24.0 Å². The van der Waals surface area contributed by atoms with E-state index in [2.05, 4.69) is 0 Å². The van der Waals surface area contributed by atoms with Crippen molar-refractivity contribution in [3.05, 3.63) is 78.5 Å². The molecule has 0 heterocycles. The smallest absolute Gasteiger partial charge is 0.180 e. The van der Waals surface area contributed by atoms with Gasteiger partial charge in [0.15, 0.2) is 5.78 Å². The van der Waals surface area contributed by atoms with Gasteiger partial charge in [0.2, 0.25) is 0 Å². The largest absolute Gasteiger partial charge is 0.378 e. The van der Waals surface area contributed by atoms with Crippen molar-refractivity contribution in [3.8, 4) is 0 Å². The number of allylic oxidation sites excluding steroid dienone is 2. The van der Waals surface area contributed by atoms with Gasteiger partial charge in [0.1, 0.15) is 4.32 Å². The van der Waals surface area contributed by atoms with Crippen molar-refractivity contribution in [3.63, 3.8) is 0 Å². The van der Waals surface area contributed by atoms with Gasteiger partial charge in [-0.3, -0.25) is 4.79 Å². The van der Waals surface area contributed by atoms with Gasteiger partial charge in [0, 0.05) is 37.7 Å². The van der Waals surface area contributed by atoms with E-state index in [1.54, 1.807) is 18.4 Å². The number of thioether (sulfide) groups is 1. The Morgan fingerprint density at radius 1 is 0.962 bits per heavy atom. The number of carbonyl (C=O) groups is 1. The summed E-state index contributed by atoms with van der Waals surface area (Å²) >= 11 is 6.90. The molecule has 0 aliphatic carbocycles. The van der Waals surface area contributed by atoms with Crippen LogP contribution in [0.5, 0.6) is 0 Å². The van der Waals surface area contributed by atoms with Crippen LogP contribution in [0.25, 0.3) is 6.08 Å². The molecule has 0 bridgehead atoms. The second-order valence-electron chi connectivity index (χ2n) is 5.71. The number of hydrogen-bond donors (Lipinski definition) is 0. The van der Waals surface area contributed by atoms with Crippen LogP contribution in [0.3, 0.4) is 0 Å². The van der Waals surface area contributed by atoms with Gasteiger partial charge in [-0.1, -0.05) is 60.4 Å². The monoisotopic (exact) mass is 382 g/mol. The van der Waals surface area contributed by atoms with Gasteiger partial charge in [0.05, 0.1) is 0 Å². The molecule has 0 unspecified atom stereocenters. The van der Waals surface area contributed by atoms with E-state index in [0.717, 1.165) is 16.9 Å². The lowest BCUT2D eigenvalue weighted by atomic mass is 10.2. The van der Waals surface area contributed by atoms with Crippen LogP contribution in [-0.2, 0) is 4.79 Å². The first-order valence-corrected chi connectivity index (χ1v) is 9.74. The second-order valence-corrected chi connectivity index (χ2v) is 7.15. The summed E-state index contributed by atoms with van der Waals surface area (Å²) in [5, 5.41) is 0. The average Bonchev–Trinajstić information content (AvgIpc) is 2.67. The molecule has 0 N–H and O–H groups in total. The number of thiocarbonyl (C=S) groups is 1. The Labute approximate surface area is 165 Å². The summed E-state index contributed by atoms with van der Waals surface area (Å²) < 4.78 is 0.679. The molecule has 0 saturated carbocycles. The van der Waals surface area contributed by atoms with Gasteiger partial charge >= 0.3 is 0 Å². The van der Waals surface area contributed by atoms with Crippen molar-refractivity contribution in [2.24, 2.45) is 0 Å². The van der Waals surface area contributed by atoms with Gasteiger partial charge in [-0.2, -0.15) is 0 Å². The summed E-state index contributed by atoms with van der Waals surface area (Å²) in [7, 11) is 3.99. The van der Waals surface area contributed by atoms with E-state index in [9.17, 15) is 4.79 Å². The lowest BCUT2D eigenvalue weighted by Gasteiger charge is -2.21. The molecule has 5 heteroatoms. The van der Waals surface area contributed by atoms with E-state index < -0.39 is 0 Å². The molecular weight excluding hydrogens is 360 g/mol. The Balaban J connectivity index is 2.14. The van der Waals surface area contributed by atoms with E-state index >= 15 is 0 Å². The molecule has 0 amide bonds. The minimum Gasteiger partial charge on any atom is -0.378 e. The van der Waals surface area contributed by atoms with Crippen LogP contribution in [0.4, 0.5) is 11.4 Å². The van der Waals surface area contributed by atoms with Crippen LogP contribution in [0.1, 0.15) is 5.56 Å². The number of nitrogens with zero attached hydrogens (tertiary/aromatic N) is 2. The highest BCUT2D eigenvalue weighted by molar-refractivity contribution is 8.22. The normalized spacial score (nSPS) is 11.0. The number of carbonyl (C=O) groups excluding carboxylic acids is 1. The molecule has 2 aromatic carbocycles. The molecule has 26 heavy (non-hydrogen) atoms. The summed E-state index contributed by atoms with van der Waals surface area (Å²) in [6.45, 7) is 0. The third-order valence-corrected chi connectivity index (χ3v) is 4.89. The topological polar surface area (TPSA) is 23.6 Å².